The van der Waals surface area contributed by atoms with Crippen molar-refractivity contribution in [2.75, 3.05) is 0 Å². The van der Waals surface area contributed by atoms with E-state index in [1.165, 1.54) is 24.4 Å². The summed E-state index contributed by atoms with van der Waals surface area (Å²) >= 11 is 0. The molecule has 2 aromatic carbocycles. The molecule has 0 saturated heterocycles. The Kier molecular flexibility index (Phi) is 5.13. The SMILES string of the molecule is O=C(Cn1cccc(OCc2ccccc2)c1=O)ON1C(=O)c2ccccc2C1=O. The number of benzene rings is 2. The zero-order valence-electron chi connectivity index (χ0n) is 15.7. The van der Waals surface area contributed by atoms with Crippen LogP contribution < -0.4 is 10.3 Å². The summed E-state index contributed by atoms with van der Waals surface area (Å²) in [6, 6.07) is 18.5. The highest BCUT2D eigenvalue weighted by molar-refractivity contribution is 6.20. The zero-order valence-corrected chi connectivity index (χ0v) is 15.7. The molecule has 0 atom stereocenters. The molecule has 0 fully saturated rings. The first kappa shape index (κ1) is 19.1. The standard InChI is InChI=1S/C22H16N2O6/c25-19(30-24-20(26)16-9-4-5-10-17(16)21(24)27)13-23-12-6-11-18(22(23)28)29-14-15-7-2-1-3-8-15/h1-12H,13-14H2. The van der Waals surface area contributed by atoms with Gasteiger partial charge in [-0.2, -0.15) is 0 Å². The molecule has 0 radical (unpaired) electrons. The first-order valence-corrected chi connectivity index (χ1v) is 9.09. The minimum absolute atomic E-state index is 0.0647. The van der Waals surface area contributed by atoms with Crippen molar-refractivity contribution in [1.29, 1.82) is 0 Å². The summed E-state index contributed by atoms with van der Waals surface area (Å²) in [6.07, 6.45) is 1.39. The minimum atomic E-state index is -0.938. The molecule has 1 aliphatic heterocycles. The van der Waals surface area contributed by atoms with Crippen LogP contribution >= 0.6 is 0 Å². The van der Waals surface area contributed by atoms with Crippen molar-refractivity contribution < 1.29 is 24.0 Å². The Hall–Kier alpha value is -4.20. The summed E-state index contributed by atoms with van der Waals surface area (Å²) in [5, 5.41) is 0.411. The molecule has 8 nitrogen and oxygen atoms in total. The fourth-order valence-corrected chi connectivity index (χ4v) is 3.00. The summed E-state index contributed by atoms with van der Waals surface area (Å²) in [6.45, 7) is -0.297. The van der Waals surface area contributed by atoms with Crippen LogP contribution in [0.2, 0.25) is 0 Å². The van der Waals surface area contributed by atoms with Crippen molar-refractivity contribution in [3.05, 3.63) is 100.0 Å². The lowest BCUT2D eigenvalue weighted by molar-refractivity contribution is -0.169. The van der Waals surface area contributed by atoms with Crippen molar-refractivity contribution in [3.63, 3.8) is 0 Å². The van der Waals surface area contributed by atoms with Gasteiger partial charge in [0.05, 0.1) is 11.1 Å². The second kappa shape index (κ2) is 8.04. The van der Waals surface area contributed by atoms with Crippen LogP contribution in [0.3, 0.4) is 0 Å². The minimum Gasteiger partial charge on any atom is -0.483 e. The molecule has 0 bridgehead atoms. The van der Waals surface area contributed by atoms with Gasteiger partial charge in [-0.15, -0.1) is 0 Å². The van der Waals surface area contributed by atoms with E-state index in [4.69, 9.17) is 9.57 Å². The molecule has 0 aliphatic carbocycles. The molecular weight excluding hydrogens is 388 g/mol. The van der Waals surface area contributed by atoms with Gasteiger partial charge in [0.15, 0.2) is 5.75 Å². The summed E-state index contributed by atoms with van der Waals surface area (Å²) in [5.41, 5.74) is 0.664. The van der Waals surface area contributed by atoms with Gasteiger partial charge < -0.3 is 14.1 Å². The van der Waals surface area contributed by atoms with E-state index >= 15 is 0 Å². The molecule has 2 amide bonds. The molecule has 4 rings (SSSR count). The van der Waals surface area contributed by atoms with Crippen molar-refractivity contribution in [2.45, 2.75) is 13.2 Å². The fourth-order valence-electron chi connectivity index (χ4n) is 3.00. The van der Waals surface area contributed by atoms with Gasteiger partial charge in [0.2, 0.25) is 0 Å². The van der Waals surface area contributed by atoms with Crippen molar-refractivity contribution >= 4 is 17.8 Å². The third-order valence-corrected chi connectivity index (χ3v) is 4.47. The van der Waals surface area contributed by atoms with E-state index in [1.54, 1.807) is 18.2 Å². The molecule has 150 valence electrons. The molecule has 0 unspecified atom stereocenters. The van der Waals surface area contributed by atoms with E-state index in [9.17, 15) is 19.2 Å². The van der Waals surface area contributed by atoms with Crippen LogP contribution in [-0.4, -0.2) is 27.4 Å². The Balaban J connectivity index is 1.43. The molecular formula is C22H16N2O6. The van der Waals surface area contributed by atoms with Crippen LogP contribution in [0.15, 0.2) is 77.7 Å². The van der Waals surface area contributed by atoms with Gasteiger partial charge in [-0.1, -0.05) is 47.5 Å². The molecule has 1 aliphatic rings. The Morgan fingerprint density at radius 2 is 1.43 bits per heavy atom. The second-order valence-electron chi connectivity index (χ2n) is 6.49. The summed E-state index contributed by atoms with van der Waals surface area (Å²) in [4.78, 5) is 54.3. The molecule has 0 saturated carbocycles. The Morgan fingerprint density at radius 1 is 0.800 bits per heavy atom. The van der Waals surface area contributed by atoms with Gasteiger partial charge in [-0.3, -0.25) is 14.4 Å². The number of fused-ring (bicyclic) bond motifs is 1. The average Bonchev–Trinajstić information content (AvgIpc) is 3.00. The van der Waals surface area contributed by atoms with Gasteiger partial charge >= 0.3 is 5.97 Å². The maximum atomic E-state index is 12.6. The third-order valence-electron chi connectivity index (χ3n) is 4.47. The molecule has 2 heterocycles. The molecule has 30 heavy (non-hydrogen) atoms. The Bertz CT molecular complexity index is 1150. The van der Waals surface area contributed by atoms with Crippen molar-refractivity contribution in [3.8, 4) is 5.75 Å². The molecule has 0 spiro atoms. The number of aromatic nitrogens is 1. The van der Waals surface area contributed by atoms with E-state index in [-0.39, 0.29) is 23.5 Å². The Labute approximate surface area is 170 Å². The molecule has 0 N–H and O–H groups in total. The summed E-state index contributed by atoms with van der Waals surface area (Å²) in [5.74, 6) is -2.32. The number of hydrogen-bond acceptors (Lipinski definition) is 6. The van der Waals surface area contributed by atoms with Crippen molar-refractivity contribution in [1.82, 2.24) is 9.63 Å². The van der Waals surface area contributed by atoms with Gasteiger partial charge in [0, 0.05) is 6.20 Å². The van der Waals surface area contributed by atoms with E-state index in [0.29, 0.717) is 5.06 Å². The first-order valence-electron chi connectivity index (χ1n) is 9.09. The summed E-state index contributed by atoms with van der Waals surface area (Å²) < 4.78 is 6.63. The monoisotopic (exact) mass is 404 g/mol. The lowest BCUT2D eigenvalue weighted by atomic mass is 10.1. The number of hydrogen-bond donors (Lipinski definition) is 0. The number of ether oxygens (including phenoxy) is 1. The predicted octanol–water partition coefficient (Wildman–Crippen LogP) is 2.18. The van der Waals surface area contributed by atoms with Crippen LogP contribution in [0.5, 0.6) is 5.75 Å². The van der Waals surface area contributed by atoms with E-state index < -0.39 is 29.9 Å². The highest BCUT2D eigenvalue weighted by Gasteiger charge is 2.38. The lowest BCUT2D eigenvalue weighted by Crippen LogP contribution is -2.35. The number of pyridine rings is 1. The second-order valence-corrected chi connectivity index (χ2v) is 6.49. The van der Waals surface area contributed by atoms with E-state index in [2.05, 4.69) is 0 Å². The number of imide groups is 1. The molecule has 8 heteroatoms. The highest BCUT2D eigenvalue weighted by atomic mass is 16.7. The number of amides is 2. The first-order chi connectivity index (χ1) is 14.5. The lowest BCUT2D eigenvalue weighted by Gasteiger charge is -2.14. The van der Waals surface area contributed by atoms with Crippen LogP contribution in [0, 0.1) is 0 Å². The van der Waals surface area contributed by atoms with E-state index in [1.807, 2.05) is 30.3 Å². The van der Waals surface area contributed by atoms with Crippen LogP contribution in [0.4, 0.5) is 0 Å². The molecule has 1 aromatic heterocycles. The number of carbonyl (C=O) groups is 3. The Morgan fingerprint density at radius 3 is 2.10 bits per heavy atom. The number of rotatable bonds is 6. The third kappa shape index (κ3) is 3.70. The van der Waals surface area contributed by atoms with Gasteiger partial charge in [0.25, 0.3) is 17.4 Å². The number of nitrogens with zero attached hydrogens (tertiary/aromatic N) is 2. The van der Waals surface area contributed by atoms with Gasteiger partial charge in [-0.25, -0.2) is 4.79 Å². The van der Waals surface area contributed by atoms with Crippen molar-refractivity contribution in [2.24, 2.45) is 0 Å². The van der Waals surface area contributed by atoms with Crippen LogP contribution in [0.25, 0.3) is 0 Å². The number of hydroxylamine groups is 2. The van der Waals surface area contributed by atoms with Gasteiger partial charge in [-0.05, 0) is 29.8 Å². The van der Waals surface area contributed by atoms with Crippen LogP contribution in [0.1, 0.15) is 26.3 Å². The largest absolute Gasteiger partial charge is 0.483 e. The number of carbonyl (C=O) groups excluding carboxylic acids is 3. The maximum absolute atomic E-state index is 12.6. The summed E-state index contributed by atoms with van der Waals surface area (Å²) in [7, 11) is 0. The fraction of sp³-hybridized carbons (Fsp3) is 0.0909. The topological polar surface area (TPSA) is 94.9 Å². The zero-order chi connectivity index (χ0) is 21.1. The smallest absolute Gasteiger partial charge is 0.352 e. The van der Waals surface area contributed by atoms with Crippen LogP contribution in [-0.2, 0) is 22.8 Å². The highest BCUT2D eigenvalue weighted by Crippen LogP contribution is 2.22. The molecule has 3 aromatic rings. The average molecular weight is 404 g/mol. The normalized spacial score (nSPS) is 12.6. The predicted molar refractivity (Wildman–Crippen MR) is 105 cm³/mol. The quantitative estimate of drug-likeness (QED) is 0.585. The maximum Gasteiger partial charge on any atom is 0.352 e. The van der Waals surface area contributed by atoms with Gasteiger partial charge in [0.1, 0.15) is 13.2 Å². The van der Waals surface area contributed by atoms with E-state index in [0.717, 1.165) is 10.1 Å².